The van der Waals surface area contributed by atoms with Gasteiger partial charge in [-0.1, -0.05) is 78.9 Å². The summed E-state index contributed by atoms with van der Waals surface area (Å²) < 4.78 is 1.73. The number of carbonyl (C=O) groups excluding carboxylic acids is 2. The largest absolute Gasteiger partial charge is 0.356 e. The molecule has 2 N–H and O–H groups in total. The number of anilines is 1. The number of hydrogen-bond donors (Lipinski definition) is 2. The minimum Gasteiger partial charge on any atom is -0.356 e. The highest BCUT2D eigenvalue weighted by atomic mass is 16.2. The van der Waals surface area contributed by atoms with Crippen molar-refractivity contribution in [3.63, 3.8) is 0 Å². The fraction of sp³-hybridized carbons (Fsp3) is 0.179. The highest BCUT2D eigenvalue weighted by molar-refractivity contribution is 5.91. The highest BCUT2D eigenvalue weighted by Gasteiger charge is 2.14. The fourth-order valence-corrected chi connectivity index (χ4v) is 3.68. The van der Waals surface area contributed by atoms with Gasteiger partial charge in [0.1, 0.15) is 5.82 Å². The van der Waals surface area contributed by atoms with E-state index in [0.29, 0.717) is 25.2 Å². The Morgan fingerprint density at radius 2 is 1.38 bits per heavy atom. The molecule has 4 aromatic rings. The van der Waals surface area contributed by atoms with E-state index in [1.54, 1.807) is 4.68 Å². The predicted molar refractivity (Wildman–Crippen MR) is 135 cm³/mol. The number of nitrogens with one attached hydrogen (secondary N) is 2. The molecule has 0 aliphatic rings. The van der Waals surface area contributed by atoms with Gasteiger partial charge in [-0.25, -0.2) is 4.68 Å². The lowest BCUT2D eigenvalue weighted by Crippen LogP contribution is -2.25. The maximum absolute atomic E-state index is 12.6. The third-order valence-electron chi connectivity index (χ3n) is 5.43. The first kappa shape index (κ1) is 23.0. The van der Waals surface area contributed by atoms with Crippen LogP contribution in [-0.2, 0) is 16.0 Å². The first-order valence-corrected chi connectivity index (χ1v) is 11.5. The Labute approximate surface area is 199 Å². The van der Waals surface area contributed by atoms with E-state index < -0.39 is 0 Å². The summed E-state index contributed by atoms with van der Waals surface area (Å²) in [5, 5.41) is 10.6. The van der Waals surface area contributed by atoms with Gasteiger partial charge < -0.3 is 10.6 Å². The highest BCUT2D eigenvalue weighted by Crippen LogP contribution is 2.24. The average molecular weight is 453 g/mol. The van der Waals surface area contributed by atoms with Gasteiger partial charge in [-0.15, -0.1) is 0 Å². The predicted octanol–water partition coefficient (Wildman–Crippen LogP) is 5.01. The Morgan fingerprint density at radius 1 is 0.765 bits per heavy atom. The van der Waals surface area contributed by atoms with Gasteiger partial charge in [0.15, 0.2) is 0 Å². The van der Waals surface area contributed by atoms with E-state index >= 15 is 0 Å². The van der Waals surface area contributed by atoms with Crippen LogP contribution in [0.4, 0.5) is 5.82 Å². The van der Waals surface area contributed by atoms with Crippen molar-refractivity contribution in [1.29, 1.82) is 0 Å². The summed E-state index contributed by atoms with van der Waals surface area (Å²) in [4.78, 5) is 24.8. The second-order valence-corrected chi connectivity index (χ2v) is 8.02. The molecule has 0 unspecified atom stereocenters. The molecule has 0 spiro atoms. The lowest BCUT2D eigenvalue weighted by atomic mass is 10.1. The molecule has 6 heteroatoms. The molecule has 2 amide bonds. The second-order valence-electron chi connectivity index (χ2n) is 8.02. The third-order valence-corrected chi connectivity index (χ3v) is 5.43. The van der Waals surface area contributed by atoms with Gasteiger partial charge in [-0.2, -0.15) is 5.10 Å². The maximum Gasteiger partial charge on any atom is 0.225 e. The Hall–Kier alpha value is -4.19. The zero-order valence-corrected chi connectivity index (χ0v) is 19.0. The van der Waals surface area contributed by atoms with E-state index in [1.807, 2.05) is 97.1 Å². The van der Waals surface area contributed by atoms with E-state index in [-0.39, 0.29) is 18.2 Å². The first-order chi connectivity index (χ1) is 16.7. The molecular formula is C28H28N4O2. The standard InChI is InChI=1S/C28H28N4O2/c33-27(29-20-19-22-11-4-1-5-12-22)17-10-18-28(34)30-26-21-25(23-13-6-2-7-14-23)31-32(26)24-15-8-3-9-16-24/h1-9,11-16,21H,10,17-20H2,(H,29,33)(H,30,34). The number of carbonyl (C=O) groups is 2. The van der Waals surface area contributed by atoms with Crippen molar-refractivity contribution in [2.75, 3.05) is 11.9 Å². The topological polar surface area (TPSA) is 76.0 Å². The van der Waals surface area contributed by atoms with Crippen LogP contribution in [0, 0.1) is 0 Å². The molecular weight excluding hydrogens is 424 g/mol. The molecule has 1 aromatic heterocycles. The Bertz CT molecular complexity index is 1210. The summed E-state index contributed by atoms with van der Waals surface area (Å²) in [6.45, 7) is 0.591. The number of aromatic nitrogens is 2. The monoisotopic (exact) mass is 452 g/mol. The van der Waals surface area contributed by atoms with E-state index in [4.69, 9.17) is 5.10 Å². The van der Waals surface area contributed by atoms with E-state index in [0.717, 1.165) is 23.4 Å². The van der Waals surface area contributed by atoms with Gasteiger partial charge in [0.05, 0.1) is 11.4 Å². The van der Waals surface area contributed by atoms with Crippen molar-refractivity contribution in [2.45, 2.75) is 25.7 Å². The number of para-hydroxylation sites is 1. The molecule has 0 radical (unpaired) electrons. The molecule has 34 heavy (non-hydrogen) atoms. The summed E-state index contributed by atoms with van der Waals surface area (Å²) in [7, 11) is 0. The molecule has 0 atom stereocenters. The van der Waals surface area contributed by atoms with Crippen molar-refractivity contribution >= 4 is 17.6 Å². The van der Waals surface area contributed by atoms with Crippen LogP contribution < -0.4 is 10.6 Å². The van der Waals surface area contributed by atoms with Crippen LogP contribution in [0.5, 0.6) is 0 Å². The van der Waals surface area contributed by atoms with Crippen LogP contribution in [0.3, 0.4) is 0 Å². The second kappa shape index (κ2) is 11.6. The number of nitrogens with zero attached hydrogens (tertiary/aromatic N) is 2. The molecule has 3 aromatic carbocycles. The molecule has 4 rings (SSSR count). The molecule has 1 heterocycles. The molecule has 0 aliphatic heterocycles. The first-order valence-electron chi connectivity index (χ1n) is 11.5. The van der Waals surface area contributed by atoms with Crippen LogP contribution in [0.15, 0.2) is 97.1 Å². The van der Waals surface area contributed by atoms with Crippen LogP contribution in [0.25, 0.3) is 16.9 Å². The smallest absolute Gasteiger partial charge is 0.225 e. The van der Waals surface area contributed by atoms with Crippen LogP contribution in [0.2, 0.25) is 0 Å². The molecule has 172 valence electrons. The summed E-state index contributed by atoms with van der Waals surface area (Å²) in [6, 6.07) is 31.4. The Balaban J connectivity index is 1.31. The quantitative estimate of drug-likeness (QED) is 0.355. The van der Waals surface area contributed by atoms with Crippen molar-refractivity contribution in [3.05, 3.63) is 103 Å². The van der Waals surface area contributed by atoms with Crippen LogP contribution in [0.1, 0.15) is 24.8 Å². The third kappa shape index (κ3) is 6.42. The fourth-order valence-electron chi connectivity index (χ4n) is 3.68. The Kier molecular flexibility index (Phi) is 7.85. The zero-order chi connectivity index (χ0) is 23.6. The average Bonchev–Trinajstić information content (AvgIpc) is 3.29. The minimum absolute atomic E-state index is 0.0376. The number of amides is 2. The minimum atomic E-state index is -0.145. The number of benzene rings is 3. The molecule has 0 fully saturated rings. The molecule has 0 saturated heterocycles. The van der Waals surface area contributed by atoms with Gasteiger partial charge in [-0.05, 0) is 30.5 Å². The Morgan fingerprint density at radius 3 is 2.09 bits per heavy atom. The SMILES string of the molecule is O=C(CCCC(=O)Nc1cc(-c2ccccc2)nn1-c1ccccc1)NCCc1ccccc1. The van der Waals surface area contributed by atoms with E-state index in [2.05, 4.69) is 10.6 Å². The summed E-state index contributed by atoms with van der Waals surface area (Å²) in [5.41, 5.74) is 3.79. The van der Waals surface area contributed by atoms with Gasteiger partial charge >= 0.3 is 0 Å². The van der Waals surface area contributed by atoms with Crippen molar-refractivity contribution in [3.8, 4) is 16.9 Å². The van der Waals surface area contributed by atoms with Gasteiger partial charge in [0.25, 0.3) is 0 Å². The lowest BCUT2D eigenvalue weighted by Gasteiger charge is -2.09. The van der Waals surface area contributed by atoms with Crippen LogP contribution >= 0.6 is 0 Å². The summed E-state index contributed by atoms with van der Waals surface area (Å²) in [5.74, 6) is 0.417. The number of rotatable bonds is 10. The van der Waals surface area contributed by atoms with Crippen molar-refractivity contribution < 1.29 is 9.59 Å². The molecule has 0 bridgehead atoms. The molecule has 0 saturated carbocycles. The maximum atomic E-state index is 12.6. The molecule has 6 nitrogen and oxygen atoms in total. The number of hydrogen-bond acceptors (Lipinski definition) is 3. The normalized spacial score (nSPS) is 10.6. The van der Waals surface area contributed by atoms with Crippen molar-refractivity contribution in [1.82, 2.24) is 15.1 Å². The van der Waals surface area contributed by atoms with Gasteiger partial charge in [0, 0.05) is 31.0 Å². The van der Waals surface area contributed by atoms with Gasteiger partial charge in [-0.3, -0.25) is 9.59 Å². The van der Waals surface area contributed by atoms with Crippen LogP contribution in [-0.4, -0.2) is 28.1 Å². The summed E-state index contributed by atoms with van der Waals surface area (Å²) >= 11 is 0. The van der Waals surface area contributed by atoms with E-state index in [1.165, 1.54) is 5.56 Å². The lowest BCUT2D eigenvalue weighted by molar-refractivity contribution is -0.121. The summed E-state index contributed by atoms with van der Waals surface area (Å²) in [6.07, 6.45) is 1.84. The van der Waals surface area contributed by atoms with Gasteiger partial charge in [0.2, 0.25) is 11.8 Å². The molecule has 0 aliphatic carbocycles. The van der Waals surface area contributed by atoms with Crippen molar-refractivity contribution in [2.24, 2.45) is 0 Å². The zero-order valence-electron chi connectivity index (χ0n) is 19.0. The van der Waals surface area contributed by atoms with E-state index in [9.17, 15) is 9.59 Å².